The predicted octanol–water partition coefficient (Wildman–Crippen LogP) is 3.49. The molecule has 9 nitrogen and oxygen atoms in total. The van der Waals surface area contributed by atoms with Gasteiger partial charge in [-0.25, -0.2) is 18.6 Å². The number of amides is 1. The number of pyridine rings is 2. The molecule has 0 aliphatic heterocycles. The number of halogens is 2. The molecule has 0 bridgehead atoms. The molecule has 5 rings (SSSR count). The fourth-order valence-electron chi connectivity index (χ4n) is 3.86. The Morgan fingerprint density at radius 1 is 1.08 bits per heavy atom. The Kier molecular flexibility index (Phi) is 6.18. The van der Waals surface area contributed by atoms with Gasteiger partial charge in [0.25, 0.3) is 11.5 Å². The van der Waals surface area contributed by atoms with Crippen LogP contribution >= 0.6 is 0 Å². The summed E-state index contributed by atoms with van der Waals surface area (Å²) in [6.07, 6.45) is 2.98. The predicted molar refractivity (Wildman–Crippen MR) is 127 cm³/mol. The van der Waals surface area contributed by atoms with Gasteiger partial charge in [-0.2, -0.15) is 4.99 Å². The Morgan fingerprint density at radius 2 is 1.92 bits per heavy atom. The number of fused-ring (bicyclic) bond motifs is 2. The number of hydrogen-bond donors (Lipinski definition) is 0. The quantitative estimate of drug-likeness (QED) is 0.268. The number of benzene rings is 1. The Labute approximate surface area is 206 Å². The van der Waals surface area contributed by atoms with Crippen molar-refractivity contribution >= 4 is 28.6 Å². The maximum absolute atomic E-state index is 13.8. The first kappa shape index (κ1) is 23.8. The van der Waals surface area contributed by atoms with Crippen LogP contribution in [0.1, 0.15) is 33.4 Å². The highest BCUT2D eigenvalue weighted by Crippen LogP contribution is 2.15. The molecule has 0 radical (unpaired) electrons. The number of carbonyl (C=O) groups is 2. The average molecular weight is 504 g/mol. The fourth-order valence-corrected chi connectivity index (χ4v) is 3.86. The number of ether oxygens (including phenoxy) is 1. The van der Waals surface area contributed by atoms with Gasteiger partial charge in [0.05, 0.1) is 24.8 Å². The van der Waals surface area contributed by atoms with Gasteiger partial charge in [-0.05, 0) is 55.5 Å². The summed E-state index contributed by atoms with van der Waals surface area (Å²) in [5, 5.41) is 0.0672. The standard InChI is InChI=1S/C26H18F2N4O5/c1-2-36-26(35)18-13-17-22(29-21-7-3-4-10-31(21)25(17)34)32(14-16-6-5-11-37-16)23(18)30-24(33)15-8-9-19(27)20(28)12-15/h3-13H,2,14H2,1H3. The van der Waals surface area contributed by atoms with Gasteiger partial charge in [0.15, 0.2) is 17.1 Å². The van der Waals surface area contributed by atoms with E-state index < -0.39 is 29.1 Å². The smallest absolute Gasteiger partial charge is 0.341 e. The maximum Gasteiger partial charge on any atom is 0.341 e. The van der Waals surface area contributed by atoms with Crippen molar-refractivity contribution in [2.45, 2.75) is 13.5 Å². The van der Waals surface area contributed by atoms with E-state index in [1.54, 1.807) is 37.3 Å². The van der Waals surface area contributed by atoms with Gasteiger partial charge in [0.1, 0.15) is 22.6 Å². The molecule has 0 N–H and O–H groups in total. The number of esters is 1. The van der Waals surface area contributed by atoms with Crippen LogP contribution in [-0.2, 0) is 11.3 Å². The van der Waals surface area contributed by atoms with E-state index >= 15 is 0 Å². The molecule has 0 saturated carbocycles. The van der Waals surface area contributed by atoms with E-state index in [4.69, 9.17) is 9.15 Å². The zero-order chi connectivity index (χ0) is 26.1. The molecule has 4 heterocycles. The zero-order valence-corrected chi connectivity index (χ0v) is 19.4. The molecule has 5 aromatic rings. The maximum atomic E-state index is 13.8. The summed E-state index contributed by atoms with van der Waals surface area (Å²) >= 11 is 0. The summed E-state index contributed by atoms with van der Waals surface area (Å²) in [5.41, 5.74) is -0.647. The molecule has 1 amide bonds. The van der Waals surface area contributed by atoms with Crippen LogP contribution in [-0.4, -0.2) is 32.4 Å². The van der Waals surface area contributed by atoms with Gasteiger partial charge in [-0.15, -0.1) is 0 Å². The van der Waals surface area contributed by atoms with Crippen molar-refractivity contribution in [3.8, 4) is 0 Å². The van der Waals surface area contributed by atoms with Crippen LogP contribution in [0.3, 0.4) is 0 Å². The molecule has 1 aromatic carbocycles. The molecule has 37 heavy (non-hydrogen) atoms. The Hall–Kier alpha value is -4.93. The molecule has 186 valence electrons. The largest absolute Gasteiger partial charge is 0.467 e. The minimum Gasteiger partial charge on any atom is -0.467 e. The van der Waals surface area contributed by atoms with E-state index in [1.807, 2.05) is 0 Å². The Morgan fingerprint density at radius 3 is 2.65 bits per heavy atom. The molecule has 0 aliphatic carbocycles. The monoisotopic (exact) mass is 504 g/mol. The molecule has 11 heteroatoms. The molecule has 4 aromatic heterocycles. The Bertz CT molecular complexity index is 1810. The van der Waals surface area contributed by atoms with Crippen molar-refractivity contribution in [3.05, 3.63) is 111 Å². The normalized spacial score (nSPS) is 11.8. The first-order chi connectivity index (χ1) is 17.9. The van der Waals surface area contributed by atoms with E-state index in [0.717, 1.165) is 12.1 Å². The first-order valence-corrected chi connectivity index (χ1v) is 11.2. The lowest BCUT2D eigenvalue weighted by atomic mass is 10.2. The molecule has 0 saturated heterocycles. The van der Waals surface area contributed by atoms with Crippen LogP contribution in [0.4, 0.5) is 8.78 Å². The first-order valence-electron chi connectivity index (χ1n) is 11.2. The van der Waals surface area contributed by atoms with E-state index in [1.165, 1.54) is 27.5 Å². The highest BCUT2D eigenvalue weighted by molar-refractivity contribution is 5.97. The summed E-state index contributed by atoms with van der Waals surface area (Å²) in [6, 6.07) is 12.1. The van der Waals surface area contributed by atoms with Crippen molar-refractivity contribution in [1.29, 1.82) is 0 Å². The van der Waals surface area contributed by atoms with Crippen molar-refractivity contribution in [2.75, 3.05) is 6.61 Å². The minimum atomic E-state index is -1.23. The third-order valence-corrected chi connectivity index (χ3v) is 5.55. The van der Waals surface area contributed by atoms with Crippen LogP contribution in [0.15, 0.2) is 81.3 Å². The molecule has 0 aliphatic rings. The number of aromatic nitrogens is 3. The zero-order valence-electron chi connectivity index (χ0n) is 19.4. The van der Waals surface area contributed by atoms with Crippen LogP contribution < -0.4 is 11.0 Å². The summed E-state index contributed by atoms with van der Waals surface area (Å²) in [7, 11) is 0. The number of furan rings is 1. The second-order valence-corrected chi connectivity index (χ2v) is 7.90. The Balaban J connectivity index is 1.88. The topological polar surface area (TPSA) is 108 Å². The second kappa shape index (κ2) is 9.61. The summed E-state index contributed by atoms with van der Waals surface area (Å²) in [4.78, 5) is 48.1. The van der Waals surface area contributed by atoms with E-state index in [2.05, 4.69) is 9.98 Å². The highest BCUT2D eigenvalue weighted by Gasteiger charge is 2.21. The highest BCUT2D eigenvalue weighted by atomic mass is 19.2. The van der Waals surface area contributed by atoms with Crippen LogP contribution in [0, 0.1) is 11.6 Å². The summed E-state index contributed by atoms with van der Waals surface area (Å²) < 4.78 is 40.6. The van der Waals surface area contributed by atoms with Crippen molar-refractivity contribution in [3.63, 3.8) is 0 Å². The molecule has 0 spiro atoms. The van der Waals surface area contributed by atoms with Crippen molar-refractivity contribution in [1.82, 2.24) is 14.0 Å². The third-order valence-electron chi connectivity index (χ3n) is 5.55. The van der Waals surface area contributed by atoms with Crippen LogP contribution in [0.2, 0.25) is 0 Å². The van der Waals surface area contributed by atoms with Crippen molar-refractivity contribution < 1.29 is 27.5 Å². The van der Waals surface area contributed by atoms with Gasteiger partial charge < -0.3 is 13.7 Å². The van der Waals surface area contributed by atoms with Gasteiger partial charge >= 0.3 is 5.97 Å². The van der Waals surface area contributed by atoms with Crippen LogP contribution in [0.5, 0.6) is 0 Å². The van der Waals surface area contributed by atoms with E-state index in [-0.39, 0.29) is 40.8 Å². The van der Waals surface area contributed by atoms with E-state index in [0.29, 0.717) is 17.5 Å². The fraction of sp³-hybridized carbons (Fsp3) is 0.115. The van der Waals surface area contributed by atoms with Gasteiger partial charge in [0.2, 0.25) is 0 Å². The lowest BCUT2D eigenvalue weighted by Crippen LogP contribution is -2.33. The molecule has 0 fully saturated rings. The third kappa shape index (κ3) is 4.42. The number of hydrogen-bond acceptors (Lipinski definition) is 6. The SMILES string of the molecule is CCOC(=O)c1cc2c(=O)n3ccccc3nc2n(Cc2ccco2)c1=NC(=O)c1ccc(F)c(F)c1. The van der Waals surface area contributed by atoms with E-state index in [9.17, 15) is 23.2 Å². The van der Waals surface area contributed by atoms with Crippen molar-refractivity contribution in [2.24, 2.45) is 4.99 Å². The lowest BCUT2D eigenvalue weighted by molar-refractivity contribution is 0.0523. The number of carbonyl (C=O) groups excluding carboxylic acids is 2. The van der Waals surface area contributed by atoms with Crippen LogP contribution in [0.25, 0.3) is 16.7 Å². The van der Waals surface area contributed by atoms with Gasteiger partial charge in [-0.3, -0.25) is 14.0 Å². The minimum absolute atomic E-state index is 0.0145. The average Bonchev–Trinajstić information content (AvgIpc) is 3.40. The van der Waals surface area contributed by atoms with Gasteiger partial charge in [-0.1, -0.05) is 6.07 Å². The molecular formula is C26H18F2N4O5. The molecular weight excluding hydrogens is 486 g/mol. The number of nitrogens with zero attached hydrogens (tertiary/aromatic N) is 4. The van der Waals surface area contributed by atoms with Gasteiger partial charge in [0, 0.05) is 11.8 Å². The number of rotatable bonds is 5. The summed E-state index contributed by atoms with van der Waals surface area (Å²) in [6.45, 7) is 1.56. The summed E-state index contributed by atoms with van der Waals surface area (Å²) in [5.74, 6) is -3.73. The second-order valence-electron chi connectivity index (χ2n) is 7.90. The lowest BCUT2D eigenvalue weighted by Gasteiger charge is -2.14. The molecule has 0 atom stereocenters. The molecule has 0 unspecified atom stereocenters.